The van der Waals surface area contributed by atoms with Gasteiger partial charge in [-0.05, 0) is 44.5 Å². The number of para-hydroxylation sites is 3. The highest BCUT2D eigenvalue weighted by atomic mass is 16.5. The fourth-order valence-electron chi connectivity index (χ4n) is 6.08. The fourth-order valence-corrected chi connectivity index (χ4v) is 6.08. The standard InChI is InChI=1S/C34H48N4O3/c1-5-6-7-8-9-10-11-12-13-22-32(39)37-24-23-36(25-26(37)2)27(3)33-35-29-19-15-14-18-28(29)34(40)38(33)30-20-16-17-21-31(30)41-4/h14-21,26-27H,5-13,22-25H2,1-4H3. The number of hydrogen-bond acceptors (Lipinski definition) is 5. The van der Waals surface area contributed by atoms with E-state index >= 15 is 0 Å². The third-order valence-electron chi connectivity index (χ3n) is 8.52. The quantitative estimate of drug-likeness (QED) is 0.201. The summed E-state index contributed by atoms with van der Waals surface area (Å²) in [5, 5.41) is 0.578. The molecule has 0 radical (unpaired) electrons. The maximum atomic E-state index is 13.8. The van der Waals surface area contributed by atoms with E-state index in [0.717, 1.165) is 25.9 Å². The molecule has 2 atom stereocenters. The number of carbonyl (C=O) groups is 1. The molecule has 41 heavy (non-hydrogen) atoms. The van der Waals surface area contributed by atoms with Gasteiger partial charge in [0.15, 0.2) is 0 Å². The number of ether oxygens (including phenoxy) is 1. The van der Waals surface area contributed by atoms with Crippen LogP contribution in [-0.4, -0.2) is 58.0 Å². The Balaban J connectivity index is 1.42. The molecule has 0 N–H and O–H groups in total. The van der Waals surface area contributed by atoms with E-state index in [1.807, 2.05) is 48.5 Å². The lowest BCUT2D eigenvalue weighted by molar-refractivity contribution is -0.136. The summed E-state index contributed by atoms with van der Waals surface area (Å²) in [5.74, 6) is 1.57. The van der Waals surface area contributed by atoms with Gasteiger partial charge in [0.2, 0.25) is 5.91 Å². The van der Waals surface area contributed by atoms with Crippen LogP contribution in [0.25, 0.3) is 16.6 Å². The molecule has 2 unspecified atom stereocenters. The first-order chi connectivity index (χ1) is 20.0. The second-order valence-electron chi connectivity index (χ2n) is 11.5. The van der Waals surface area contributed by atoms with E-state index < -0.39 is 0 Å². The number of piperazine rings is 1. The molecule has 0 spiro atoms. The van der Waals surface area contributed by atoms with Crippen molar-refractivity contribution in [3.8, 4) is 11.4 Å². The maximum Gasteiger partial charge on any atom is 0.266 e. The Labute approximate surface area is 245 Å². The zero-order valence-corrected chi connectivity index (χ0v) is 25.5. The van der Waals surface area contributed by atoms with Gasteiger partial charge in [0.25, 0.3) is 5.56 Å². The van der Waals surface area contributed by atoms with Crippen molar-refractivity contribution in [1.29, 1.82) is 0 Å². The average Bonchev–Trinajstić information content (AvgIpc) is 2.99. The van der Waals surface area contributed by atoms with Gasteiger partial charge in [0, 0.05) is 32.1 Å². The Kier molecular flexibility index (Phi) is 11.4. The predicted octanol–water partition coefficient (Wildman–Crippen LogP) is 6.91. The summed E-state index contributed by atoms with van der Waals surface area (Å²) in [5.41, 5.74) is 1.26. The molecule has 7 nitrogen and oxygen atoms in total. The van der Waals surface area contributed by atoms with Gasteiger partial charge in [-0.25, -0.2) is 4.98 Å². The second kappa shape index (κ2) is 15.2. The van der Waals surface area contributed by atoms with Crippen LogP contribution in [0.3, 0.4) is 0 Å². The Hall–Kier alpha value is -3.19. The van der Waals surface area contributed by atoms with Gasteiger partial charge in [-0.2, -0.15) is 0 Å². The van der Waals surface area contributed by atoms with Crippen molar-refractivity contribution in [1.82, 2.24) is 19.4 Å². The summed E-state index contributed by atoms with van der Waals surface area (Å²) >= 11 is 0. The maximum absolute atomic E-state index is 13.8. The molecular weight excluding hydrogens is 512 g/mol. The van der Waals surface area contributed by atoms with Crippen molar-refractivity contribution in [2.24, 2.45) is 0 Å². The van der Waals surface area contributed by atoms with Gasteiger partial charge < -0.3 is 9.64 Å². The Bertz CT molecular complexity index is 1340. The monoisotopic (exact) mass is 560 g/mol. The van der Waals surface area contributed by atoms with Crippen LogP contribution in [0.5, 0.6) is 5.75 Å². The number of fused-ring (bicyclic) bond motifs is 1. The molecule has 1 saturated heterocycles. The molecule has 3 aromatic rings. The molecule has 7 heteroatoms. The number of unbranched alkanes of at least 4 members (excludes halogenated alkanes) is 8. The van der Waals surface area contributed by atoms with E-state index in [2.05, 4.69) is 30.6 Å². The minimum atomic E-state index is -0.130. The number of methoxy groups -OCH3 is 1. The number of aromatic nitrogens is 2. The van der Waals surface area contributed by atoms with E-state index in [4.69, 9.17) is 9.72 Å². The van der Waals surface area contributed by atoms with Crippen molar-refractivity contribution in [3.63, 3.8) is 0 Å². The largest absolute Gasteiger partial charge is 0.495 e. The number of benzene rings is 2. The second-order valence-corrected chi connectivity index (χ2v) is 11.5. The van der Waals surface area contributed by atoms with E-state index in [9.17, 15) is 9.59 Å². The van der Waals surface area contributed by atoms with Crippen molar-refractivity contribution in [3.05, 3.63) is 64.7 Å². The summed E-state index contributed by atoms with van der Waals surface area (Å²) in [7, 11) is 1.62. The van der Waals surface area contributed by atoms with E-state index in [1.54, 1.807) is 11.7 Å². The molecule has 2 heterocycles. The minimum Gasteiger partial charge on any atom is -0.495 e. The molecule has 0 bridgehead atoms. The van der Waals surface area contributed by atoms with Gasteiger partial charge in [0.1, 0.15) is 11.6 Å². The van der Waals surface area contributed by atoms with Crippen LogP contribution in [0.4, 0.5) is 0 Å². The third-order valence-corrected chi connectivity index (χ3v) is 8.52. The zero-order chi connectivity index (χ0) is 29.2. The first kappa shape index (κ1) is 30.8. The van der Waals surface area contributed by atoms with Crippen LogP contribution in [0.1, 0.15) is 96.8 Å². The molecule has 222 valence electrons. The van der Waals surface area contributed by atoms with Crippen LogP contribution >= 0.6 is 0 Å². The first-order valence-electron chi connectivity index (χ1n) is 15.6. The SMILES string of the molecule is CCCCCCCCCCCC(=O)N1CCN(C(C)c2nc3ccccc3c(=O)n2-c2ccccc2OC)CC1C. The molecular formula is C34H48N4O3. The van der Waals surface area contributed by atoms with Crippen molar-refractivity contribution < 1.29 is 9.53 Å². The van der Waals surface area contributed by atoms with E-state index in [1.165, 1.54) is 44.9 Å². The summed E-state index contributed by atoms with van der Waals surface area (Å²) < 4.78 is 7.34. The molecule has 0 aliphatic carbocycles. The Morgan fingerprint density at radius 2 is 1.61 bits per heavy atom. The first-order valence-corrected chi connectivity index (χ1v) is 15.6. The lowest BCUT2D eigenvalue weighted by Gasteiger charge is -2.42. The molecule has 2 aromatic carbocycles. The summed E-state index contributed by atoms with van der Waals surface area (Å²) in [4.78, 5) is 36.3. The molecule has 1 aliphatic rings. The number of rotatable bonds is 14. The molecule has 1 fully saturated rings. The molecule has 4 rings (SSSR count). The van der Waals surface area contributed by atoms with Crippen LogP contribution in [0.2, 0.25) is 0 Å². The van der Waals surface area contributed by atoms with Crippen LogP contribution in [0, 0.1) is 0 Å². The van der Waals surface area contributed by atoms with Crippen molar-refractivity contribution >= 4 is 16.8 Å². The highest BCUT2D eigenvalue weighted by molar-refractivity contribution is 5.78. The van der Waals surface area contributed by atoms with Gasteiger partial charge in [-0.1, -0.05) is 82.6 Å². The smallest absolute Gasteiger partial charge is 0.266 e. The number of carbonyl (C=O) groups excluding carboxylic acids is 1. The molecule has 1 amide bonds. The molecule has 1 aromatic heterocycles. The number of hydrogen-bond donors (Lipinski definition) is 0. The van der Waals surface area contributed by atoms with Gasteiger partial charge >= 0.3 is 0 Å². The summed E-state index contributed by atoms with van der Waals surface area (Å²) in [6.07, 6.45) is 11.9. The zero-order valence-electron chi connectivity index (χ0n) is 25.5. The lowest BCUT2D eigenvalue weighted by atomic mass is 10.1. The highest BCUT2D eigenvalue weighted by Gasteiger charge is 2.32. The topological polar surface area (TPSA) is 67.7 Å². The highest BCUT2D eigenvalue weighted by Crippen LogP contribution is 2.29. The Morgan fingerprint density at radius 1 is 0.951 bits per heavy atom. The van der Waals surface area contributed by atoms with Gasteiger partial charge in [-0.3, -0.25) is 19.1 Å². The number of amides is 1. The molecule has 1 aliphatic heterocycles. The normalized spacial score (nSPS) is 16.7. The number of nitrogens with zero attached hydrogens (tertiary/aromatic N) is 4. The Morgan fingerprint density at radius 3 is 2.32 bits per heavy atom. The van der Waals surface area contributed by atoms with Gasteiger partial charge in [-0.15, -0.1) is 0 Å². The van der Waals surface area contributed by atoms with Crippen LogP contribution in [-0.2, 0) is 4.79 Å². The van der Waals surface area contributed by atoms with Crippen LogP contribution in [0.15, 0.2) is 53.3 Å². The van der Waals surface area contributed by atoms with E-state index in [-0.39, 0.29) is 23.6 Å². The van der Waals surface area contributed by atoms with Crippen molar-refractivity contribution in [2.45, 2.75) is 97.1 Å². The predicted molar refractivity (Wildman–Crippen MR) is 167 cm³/mol. The summed E-state index contributed by atoms with van der Waals surface area (Å²) in [6.45, 7) is 8.66. The summed E-state index contributed by atoms with van der Waals surface area (Å²) in [6, 6.07) is 15.1. The van der Waals surface area contributed by atoms with Crippen LogP contribution < -0.4 is 10.3 Å². The minimum absolute atomic E-state index is 0.101. The average molecular weight is 561 g/mol. The van der Waals surface area contributed by atoms with E-state index in [0.29, 0.717) is 41.1 Å². The third kappa shape index (κ3) is 7.56. The fraction of sp³-hybridized carbons (Fsp3) is 0.559. The molecule has 0 saturated carbocycles. The lowest BCUT2D eigenvalue weighted by Crippen LogP contribution is -2.54. The van der Waals surface area contributed by atoms with Crippen molar-refractivity contribution in [2.75, 3.05) is 26.7 Å². The van der Waals surface area contributed by atoms with Gasteiger partial charge in [0.05, 0.1) is 29.7 Å².